The Morgan fingerprint density at radius 3 is 2.23 bits per heavy atom. The average molecular weight is 254 g/mol. The lowest BCUT2D eigenvalue weighted by Crippen LogP contribution is -2.11. The molecular weight excluding hydrogens is 243 g/mol. The molecule has 0 spiro atoms. The second-order valence-electron chi connectivity index (χ2n) is 2.94. The minimum atomic E-state index is -1.64. The molecule has 1 aromatic carbocycles. The molecule has 0 N–H and O–H groups in total. The summed E-state index contributed by atoms with van der Waals surface area (Å²) in [5, 5.41) is 0. The first kappa shape index (κ1) is 11.4. The molecule has 0 aliphatic heterocycles. The summed E-state index contributed by atoms with van der Waals surface area (Å²) in [6.07, 6.45) is 0.897. The van der Waals surface area contributed by atoms with Gasteiger partial charge in [-0.15, -0.1) is 33.8 Å². The zero-order chi connectivity index (χ0) is 9.68. The number of rotatable bonds is 4. The Kier molecular flexibility index (Phi) is 5.18. The highest BCUT2D eigenvalue weighted by molar-refractivity contribution is 7.34. The Bertz CT molecular complexity index is 238. The predicted molar refractivity (Wildman–Crippen MR) is 63.5 cm³/mol. The van der Waals surface area contributed by atoms with E-state index >= 15 is 0 Å². The Hall–Kier alpha value is 0.307. The summed E-state index contributed by atoms with van der Waals surface area (Å²) in [7, 11) is -1.64. The maximum atomic E-state index is 5.91. The summed E-state index contributed by atoms with van der Waals surface area (Å²) in [6, 6.07) is 10.2. The topological polar surface area (TPSA) is 0 Å². The third kappa shape index (κ3) is 3.90. The number of halogens is 3. The number of hydrogen-bond acceptors (Lipinski definition) is 0. The van der Waals surface area contributed by atoms with Gasteiger partial charge in [0, 0.05) is 5.88 Å². The predicted octanol–water partition coefficient (Wildman–Crippen LogP) is 3.54. The molecule has 1 rings (SSSR count). The van der Waals surface area contributed by atoms with Gasteiger partial charge in [0.05, 0.1) is 0 Å². The third-order valence-electron chi connectivity index (χ3n) is 1.90. The van der Waals surface area contributed by atoms with Gasteiger partial charge in [-0.05, 0) is 17.5 Å². The van der Waals surface area contributed by atoms with Crippen LogP contribution in [0.4, 0.5) is 0 Å². The normalized spacial score (nSPS) is 13.2. The molecule has 0 saturated carbocycles. The van der Waals surface area contributed by atoms with Crippen LogP contribution >= 0.6 is 33.8 Å². The van der Waals surface area contributed by atoms with Crippen LogP contribution in [0, 0.1) is 0 Å². The third-order valence-corrected chi connectivity index (χ3v) is 5.91. The maximum absolute atomic E-state index is 5.91. The largest absolute Gasteiger partial charge is 0.241 e. The fourth-order valence-electron chi connectivity index (χ4n) is 1.13. The molecule has 13 heavy (non-hydrogen) atoms. The number of benzene rings is 1. The van der Waals surface area contributed by atoms with Crippen LogP contribution in [0.2, 0.25) is 5.54 Å². The molecule has 0 aliphatic carbocycles. The molecule has 0 amide bonds. The summed E-state index contributed by atoms with van der Waals surface area (Å²) < 4.78 is 0. The van der Waals surface area contributed by atoms with Crippen LogP contribution in [0.1, 0.15) is 5.56 Å². The summed E-state index contributed by atoms with van der Waals surface area (Å²) in [5.41, 5.74) is 1.53. The lowest BCUT2D eigenvalue weighted by Gasteiger charge is -2.12. The van der Waals surface area contributed by atoms with Crippen LogP contribution in [0.5, 0.6) is 0 Å². The van der Waals surface area contributed by atoms with Crippen LogP contribution in [0.25, 0.3) is 0 Å². The van der Waals surface area contributed by atoms with Crippen molar-refractivity contribution in [2.45, 2.75) is 12.0 Å². The first-order valence-electron chi connectivity index (χ1n) is 4.12. The van der Waals surface area contributed by atoms with Crippen molar-refractivity contribution in [2.75, 3.05) is 5.88 Å². The molecule has 4 heteroatoms. The Morgan fingerprint density at radius 1 is 1.15 bits per heavy atom. The van der Waals surface area contributed by atoms with Crippen molar-refractivity contribution in [1.29, 1.82) is 0 Å². The van der Waals surface area contributed by atoms with Crippen LogP contribution < -0.4 is 0 Å². The first-order valence-corrected chi connectivity index (χ1v) is 8.81. The highest BCUT2D eigenvalue weighted by atomic mass is 35.7. The van der Waals surface area contributed by atoms with E-state index < -0.39 is 7.42 Å². The molecule has 0 fully saturated rings. The molecule has 1 unspecified atom stereocenters. The molecule has 0 aliphatic rings. The van der Waals surface area contributed by atoms with Crippen LogP contribution in [-0.2, 0) is 6.42 Å². The quantitative estimate of drug-likeness (QED) is 0.437. The molecule has 0 saturated heterocycles. The molecule has 0 nitrogen and oxygen atoms in total. The van der Waals surface area contributed by atoms with E-state index in [0.29, 0.717) is 5.88 Å². The summed E-state index contributed by atoms with van der Waals surface area (Å²) in [4.78, 5) is 0. The molecule has 1 atom stereocenters. The maximum Gasteiger partial charge on any atom is 0.241 e. The second-order valence-corrected chi connectivity index (χ2v) is 8.35. The Morgan fingerprint density at radius 2 is 1.77 bits per heavy atom. The van der Waals surface area contributed by atoms with E-state index in [1.165, 1.54) is 5.56 Å². The van der Waals surface area contributed by atoms with Crippen molar-refractivity contribution in [1.82, 2.24) is 0 Å². The molecule has 1 aromatic rings. The zero-order valence-corrected chi connectivity index (χ0v) is 10.5. The highest BCUT2D eigenvalue weighted by Crippen LogP contribution is 2.23. The number of hydrogen-bond donors (Lipinski definition) is 0. The smallest absolute Gasteiger partial charge is 0.150 e. The molecular formula is C9H11Cl3Si. The van der Waals surface area contributed by atoms with Gasteiger partial charge in [-0.2, -0.15) is 0 Å². The van der Waals surface area contributed by atoms with Crippen molar-refractivity contribution < 1.29 is 0 Å². The standard InChI is InChI=1S/C9H11Cl3Si/c10-7-9(13(11)12)6-8-4-2-1-3-5-8/h1-5,9,13H,6-7H2. The minimum Gasteiger partial charge on any atom is -0.150 e. The van der Waals surface area contributed by atoms with Crippen molar-refractivity contribution in [2.24, 2.45) is 0 Å². The van der Waals surface area contributed by atoms with Gasteiger partial charge >= 0.3 is 0 Å². The van der Waals surface area contributed by atoms with E-state index in [9.17, 15) is 0 Å². The zero-order valence-electron chi connectivity index (χ0n) is 7.09. The van der Waals surface area contributed by atoms with E-state index in [-0.39, 0.29) is 5.54 Å². The van der Waals surface area contributed by atoms with Crippen molar-refractivity contribution in [3.63, 3.8) is 0 Å². The van der Waals surface area contributed by atoms with Gasteiger partial charge in [0.15, 0.2) is 0 Å². The van der Waals surface area contributed by atoms with Gasteiger partial charge in [-0.1, -0.05) is 30.3 Å². The van der Waals surface area contributed by atoms with Crippen molar-refractivity contribution >= 4 is 41.2 Å². The second kappa shape index (κ2) is 5.92. The van der Waals surface area contributed by atoms with Gasteiger partial charge in [-0.25, -0.2) is 0 Å². The van der Waals surface area contributed by atoms with Gasteiger partial charge in [0.25, 0.3) is 0 Å². The van der Waals surface area contributed by atoms with Crippen molar-refractivity contribution in [3.05, 3.63) is 35.9 Å². The van der Waals surface area contributed by atoms with Crippen molar-refractivity contribution in [3.8, 4) is 0 Å². The summed E-state index contributed by atoms with van der Waals surface area (Å²) in [6.45, 7) is 0. The van der Waals surface area contributed by atoms with Crippen LogP contribution in [-0.4, -0.2) is 13.3 Å². The van der Waals surface area contributed by atoms with E-state index in [1.807, 2.05) is 18.2 Å². The lowest BCUT2D eigenvalue weighted by molar-refractivity contribution is 0.915. The fraction of sp³-hybridized carbons (Fsp3) is 0.333. The Labute approximate surface area is 94.8 Å². The molecule has 0 radical (unpaired) electrons. The van der Waals surface area contributed by atoms with Gasteiger partial charge < -0.3 is 0 Å². The van der Waals surface area contributed by atoms with E-state index in [0.717, 1.165) is 6.42 Å². The fourth-order valence-corrected chi connectivity index (χ4v) is 3.97. The Balaban J connectivity index is 2.57. The average Bonchev–Trinajstić information content (AvgIpc) is 2.15. The molecule has 72 valence electrons. The van der Waals surface area contributed by atoms with Crippen LogP contribution in [0.3, 0.4) is 0 Å². The first-order chi connectivity index (χ1) is 6.24. The van der Waals surface area contributed by atoms with E-state index in [4.69, 9.17) is 33.8 Å². The lowest BCUT2D eigenvalue weighted by atomic mass is 10.1. The van der Waals surface area contributed by atoms with Gasteiger partial charge in [0.1, 0.15) is 0 Å². The van der Waals surface area contributed by atoms with Gasteiger partial charge in [0.2, 0.25) is 7.42 Å². The molecule has 0 heterocycles. The van der Waals surface area contributed by atoms with E-state index in [2.05, 4.69) is 12.1 Å². The van der Waals surface area contributed by atoms with E-state index in [1.54, 1.807) is 0 Å². The summed E-state index contributed by atoms with van der Waals surface area (Å²) >= 11 is 17.6. The summed E-state index contributed by atoms with van der Waals surface area (Å²) in [5.74, 6) is 0.554. The SMILES string of the molecule is ClCC(Cc1ccccc1)[SiH](Cl)Cl. The monoisotopic (exact) mass is 252 g/mol. The molecule has 0 bridgehead atoms. The van der Waals surface area contributed by atoms with Crippen LogP contribution in [0.15, 0.2) is 30.3 Å². The minimum absolute atomic E-state index is 0.271. The van der Waals surface area contributed by atoms with Gasteiger partial charge in [-0.3, -0.25) is 0 Å². The highest BCUT2D eigenvalue weighted by Gasteiger charge is 2.18. The molecule has 0 aromatic heterocycles. The number of alkyl halides is 1.